The predicted octanol–water partition coefficient (Wildman–Crippen LogP) is -0.382. The number of H-pyrrole nitrogens is 1. The van der Waals surface area contributed by atoms with Crippen LogP contribution in [-0.2, 0) is 0 Å². The number of carbonyl (C=O) groups is 1. The molecule has 15 heavy (non-hydrogen) atoms. The molecule has 0 bridgehead atoms. The number of likely N-dealkylation sites (N-methyl/N-ethyl adjacent to an activating group) is 1. The molecule has 7 heteroatoms. The summed E-state index contributed by atoms with van der Waals surface area (Å²) in [5.41, 5.74) is 5.70. The van der Waals surface area contributed by atoms with Gasteiger partial charge in [-0.15, -0.1) is 0 Å². The summed E-state index contributed by atoms with van der Waals surface area (Å²) in [4.78, 5) is 13.2. The van der Waals surface area contributed by atoms with Crippen molar-refractivity contribution < 1.29 is 10.0 Å². The van der Waals surface area contributed by atoms with Gasteiger partial charge in [-0.05, 0) is 13.0 Å². The van der Waals surface area contributed by atoms with E-state index in [9.17, 15) is 4.79 Å². The van der Waals surface area contributed by atoms with Crippen molar-refractivity contribution in [2.75, 3.05) is 13.1 Å². The van der Waals surface area contributed by atoms with Crippen LogP contribution < -0.4 is 5.73 Å². The molecule has 1 aromatic rings. The fourth-order valence-electron chi connectivity index (χ4n) is 1.10. The first-order valence-corrected chi connectivity index (χ1v) is 4.44. The highest BCUT2D eigenvalue weighted by Crippen LogP contribution is 1.99. The minimum absolute atomic E-state index is 0.00952. The lowest BCUT2D eigenvalue weighted by atomic mass is 10.3. The largest absolute Gasteiger partial charge is 0.409 e. The van der Waals surface area contributed by atoms with Crippen molar-refractivity contribution in [1.29, 1.82) is 0 Å². The van der Waals surface area contributed by atoms with Gasteiger partial charge in [0.05, 0.1) is 6.54 Å². The second-order valence-corrected chi connectivity index (χ2v) is 2.88. The Balaban J connectivity index is 2.71. The van der Waals surface area contributed by atoms with Gasteiger partial charge in [0.25, 0.3) is 5.91 Å². The van der Waals surface area contributed by atoms with Crippen LogP contribution in [0.2, 0.25) is 0 Å². The second kappa shape index (κ2) is 4.99. The van der Waals surface area contributed by atoms with E-state index in [1.165, 1.54) is 11.1 Å². The van der Waals surface area contributed by atoms with Crippen LogP contribution >= 0.6 is 0 Å². The molecular weight excluding hydrogens is 198 g/mol. The molecule has 1 rings (SSSR count). The lowest BCUT2D eigenvalue weighted by Gasteiger charge is -2.18. The van der Waals surface area contributed by atoms with Crippen molar-refractivity contribution in [3.05, 3.63) is 18.0 Å². The quantitative estimate of drug-likeness (QED) is 0.273. The van der Waals surface area contributed by atoms with E-state index in [1.807, 2.05) is 0 Å². The topological polar surface area (TPSA) is 108 Å². The van der Waals surface area contributed by atoms with Crippen LogP contribution in [0.1, 0.15) is 17.4 Å². The van der Waals surface area contributed by atoms with Gasteiger partial charge in [0.1, 0.15) is 5.69 Å². The van der Waals surface area contributed by atoms with Crippen LogP contribution in [0.15, 0.2) is 17.4 Å². The molecule has 4 N–H and O–H groups in total. The number of aromatic nitrogens is 2. The van der Waals surface area contributed by atoms with Crippen LogP contribution in [0, 0.1) is 0 Å². The molecule has 0 fully saturated rings. The SMILES string of the molecule is CCN(CC(N)=NO)C(=O)c1ccn[nH]1. The Kier molecular flexibility index (Phi) is 3.67. The van der Waals surface area contributed by atoms with Gasteiger partial charge in [-0.1, -0.05) is 5.16 Å². The molecule has 0 radical (unpaired) electrons. The molecule has 7 nitrogen and oxygen atoms in total. The van der Waals surface area contributed by atoms with Gasteiger partial charge in [0.2, 0.25) is 0 Å². The Labute approximate surface area is 86.6 Å². The smallest absolute Gasteiger partial charge is 0.272 e. The van der Waals surface area contributed by atoms with Crippen LogP contribution in [-0.4, -0.2) is 45.1 Å². The number of nitrogens with zero attached hydrogens (tertiary/aromatic N) is 3. The summed E-state index contributed by atoms with van der Waals surface area (Å²) in [5.74, 6) is -0.244. The standard InChI is InChI=1S/C8H13N5O2/c1-2-13(5-7(9)12-15)8(14)6-3-4-10-11-6/h3-4,15H,2,5H2,1H3,(H2,9,12)(H,10,11). The van der Waals surface area contributed by atoms with Gasteiger partial charge >= 0.3 is 0 Å². The first-order chi connectivity index (χ1) is 7.19. The zero-order chi connectivity index (χ0) is 11.3. The lowest BCUT2D eigenvalue weighted by molar-refractivity contribution is 0.0780. The fraction of sp³-hybridized carbons (Fsp3) is 0.375. The van der Waals surface area contributed by atoms with Crippen LogP contribution in [0.25, 0.3) is 0 Å². The first kappa shape index (κ1) is 11.0. The van der Waals surface area contributed by atoms with Crippen molar-refractivity contribution in [3.63, 3.8) is 0 Å². The molecule has 1 heterocycles. The van der Waals surface area contributed by atoms with E-state index in [4.69, 9.17) is 10.9 Å². The van der Waals surface area contributed by atoms with Crippen molar-refractivity contribution in [2.45, 2.75) is 6.92 Å². The number of rotatable bonds is 4. The van der Waals surface area contributed by atoms with E-state index in [1.54, 1.807) is 13.0 Å². The lowest BCUT2D eigenvalue weighted by Crippen LogP contribution is -2.38. The van der Waals surface area contributed by atoms with Crippen molar-refractivity contribution in [3.8, 4) is 0 Å². The zero-order valence-corrected chi connectivity index (χ0v) is 8.34. The Morgan fingerprint density at radius 3 is 3.00 bits per heavy atom. The molecule has 0 saturated carbocycles. The first-order valence-electron chi connectivity index (χ1n) is 4.44. The number of hydrogen-bond donors (Lipinski definition) is 3. The summed E-state index contributed by atoms with van der Waals surface area (Å²) >= 11 is 0. The van der Waals surface area contributed by atoms with E-state index in [0.717, 1.165) is 0 Å². The molecule has 0 saturated heterocycles. The maximum atomic E-state index is 11.8. The Morgan fingerprint density at radius 1 is 1.80 bits per heavy atom. The summed E-state index contributed by atoms with van der Waals surface area (Å²) in [6, 6.07) is 1.57. The van der Waals surface area contributed by atoms with E-state index < -0.39 is 0 Å². The number of amidine groups is 1. The molecule has 0 atom stereocenters. The highest BCUT2D eigenvalue weighted by Gasteiger charge is 2.16. The van der Waals surface area contributed by atoms with Crippen LogP contribution in [0.3, 0.4) is 0 Å². The van der Waals surface area contributed by atoms with E-state index in [2.05, 4.69) is 15.4 Å². The Morgan fingerprint density at radius 2 is 2.53 bits per heavy atom. The third kappa shape index (κ3) is 2.70. The molecule has 0 aliphatic heterocycles. The van der Waals surface area contributed by atoms with Crippen molar-refractivity contribution in [2.24, 2.45) is 10.9 Å². The minimum Gasteiger partial charge on any atom is -0.409 e. The third-order valence-electron chi connectivity index (χ3n) is 1.88. The molecule has 82 valence electrons. The normalized spacial score (nSPS) is 11.4. The van der Waals surface area contributed by atoms with Gasteiger partial charge < -0.3 is 15.8 Å². The van der Waals surface area contributed by atoms with E-state index >= 15 is 0 Å². The summed E-state index contributed by atoms with van der Waals surface area (Å²) in [7, 11) is 0. The number of oxime groups is 1. The zero-order valence-electron chi connectivity index (χ0n) is 8.34. The molecule has 0 aliphatic carbocycles. The number of nitrogens with two attached hydrogens (primary N) is 1. The molecule has 1 aromatic heterocycles. The summed E-state index contributed by atoms with van der Waals surface area (Å²) < 4.78 is 0. The van der Waals surface area contributed by atoms with Gasteiger partial charge in [-0.25, -0.2) is 0 Å². The van der Waals surface area contributed by atoms with Crippen LogP contribution in [0.4, 0.5) is 0 Å². The van der Waals surface area contributed by atoms with Crippen molar-refractivity contribution >= 4 is 11.7 Å². The molecule has 0 aliphatic rings. The van der Waals surface area contributed by atoms with Crippen LogP contribution in [0.5, 0.6) is 0 Å². The molecular formula is C8H13N5O2. The maximum Gasteiger partial charge on any atom is 0.272 e. The summed E-state index contributed by atoms with van der Waals surface area (Å²) in [6.07, 6.45) is 1.49. The third-order valence-corrected chi connectivity index (χ3v) is 1.88. The molecule has 0 unspecified atom stereocenters. The van der Waals surface area contributed by atoms with Gasteiger partial charge in [-0.3, -0.25) is 9.89 Å². The predicted molar refractivity (Wildman–Crippen MR) is 53.6 cm³/mol. The molecule has 0 spiro atoms. The van der Waals surface area contributed by atoms with Gasteiger partial charge in [0, 0.05) is 12.7 Å². The fourth-order valence-corrected chi connectivity index (χ4v) is 1.10. The average molecular weight is 211 g/mol. The summed E-state index contributed by atoms with van der Waals surface area (Å²) in [6.45, 7) is 2.36. The van der Waals surface area contributed by atoms with Crippen molar-refractivity contribution in [1.82, 2.24) is 15.1 Å². The molecule has 1 amide bonds. The van der Waals surface area contributed by atoms with Gasteiger partial charge in [-0.2, -0.15) is 5.10 Å². The monoisotopic (exact) mass is 211 g/mol. The average Bonchev–Trinajstić information content (AvgIpc) is 2.77. The van der Waals surface area contributed by atoms with E-state index in [0.29, 0.717) is 12.2 Å². The highest BCUT2D eigenvalue weighted by atomic mass is 16.4. The van der Waals surface area contributed by atoms with Gasteiger partial charge in [0.15, 0.2) is 5.84 Å². The number of hydrogen-bond acceptors (Lipinski definition) is 4. The van der Waals surface area contributed by atoms with E-state index in [-0.39, 0.29) is 18.3 Å². The minimum atomic E-state index is -0.235. The maximum absolute atomic E-state index is 11.8. The number of amides is 1. The second-order valence-electron chi connectivity index (χ2n) is 2.88. The number of aromatic amines is 1. The summed E-state index contributed by atoms with van der Waals surface area (Å²) in [5, 5.41) is 17.4. The Bertz CT molecular complexity index is 346. The number of nitrogens with one attached hydrogen (secondary N) is 1. The molecule has 0 aromatic carbocycles. The highest BCUT2D eigenvalue weighted by molar-refractivity contribution is 5.95. The Hall–Kier alpha value is -2.05. The number of carbonyl (C=O) groups excluding carboxylic acids is 1.